The van der Waals surface area contributed by atoms with Crippen molar-refractivity contribution in [3.8, 4) is 27.9 Å². The van der Waals surface area contributed by atoms with Gasteiger partial charge in [0.25, 0.3) is 0 Å². The number of nitrogens with zero attached hydrogens (tertiary/aromatic N) is 1. The summed E-state index contributed by atoms with van der Waals surface area (Å²) in [6, 6.07) is 36.2. The molecule has 0 aliphatic heterocycles. The second-order valence-corrected chi connectivity index (χ2v) is 14.0. The molecule has 2 nitrogen and oxygen atoms in total. The molecule has 0 fully saturated rings. The summed E-state index contributed by atoms with van der Waals surface area (Å²) in [5.41, 5.74) is 15.4. The number of hydrogen-bond donors (Lipinski definition) is 0. The van der Waals surface area contributed by atoms with Crippen molar-refractivity contribution in [1.82, 2.24) is 4.57 Å². The Hall–Kier alpha value is -4.43. The van der Waals surface area contributed by atoms with Crippen LogP contribution in [-0.2, 0) is 5.41 Å². The van der Waals surface area contributed by atoms with Crippen LogP contribution in [0.3, 0.4) is 0 Å². The fraction of sp³-hybridized carbons (Fsp3) is 0.311. The Balaban J connectivity index is 1.38. The third-order valence-corrected chi connectivity index (χ3v) is 10.7. The van der Waals surface area contributed by atoms with Crippen molar-refractivity contribution in [2.75, 3.05) is 0 Å². The number of benzene rings is 5. The van der Waals surface area contributed by atoms with E-state index < -0.39 is 0 Å². The Morgan fingerprint density at radius 2 is 1.13 bits per heavy atom. The molecule has 0 spiro atoms. The number of aldehydes is 1. The fourth-order valence-electron chi connectivity index (χ4n) is 8.28. The Bertz CT molecular complexity index is 2080. The van der Waals surface area contributed by atoms with E-state index in [0.29, 0.717) is 5.56 Å². The summed E-state index contributed by atoms with van der Waals surface area (Å²) < 4.78 is 2.33. The van der Waals surface area contributed by atoms with Crippen LogP contribution in [0.15, 0.2) is 97.1 Å². The summed E-state index contributed by atoms with van der Waals surface area (Å²) in [5.74, 6) is 0. The summed E-state index contributed by atoms with van der Waals surface area (Å²) in [4.78, 5) is 11.4. The molecular formula is C45H47NO. The van der Waals surface area contributed by atoms with Gasteiger partial charge in [0.1, 0.15) is 6.29 Å². The van der Waals surface area contributed by atoms with Gasteiger partial charge in [0.15, 0.2) is 0 Å². The van der Waals surface area contributed by atoms with Crippen LogP contribution < -0.4 is 0 Å². The summed E-state index contributed by atoms with van der Waals surface area (Å²) >= 11 is 0. The van der Waals surface area contributed by atoms with Gasteiger partial charge in [-0.15, -0.1) is 0 Å². The van der Waals surface area contributed by atoms with Gasteiger partial charge >= 0.3 is 0 Å². The molecule has 1 atom stereocenters. The van der Waals surface area contributed by atoms with Crippen molar-refractivity contribution >= 4 is 28.1 Å². The molecule has 0 saturated carbocycles. The quantitative estimate of drug-likeness (QED) is 0.0989. The lowest BCUT2D eigenvalue weighted by atomic mass is 9.70. The minimum absolute atomic E-state index is 0.0700. The molecule has 1 aromatic heterocycles. The van der Waals surface area contributed by atoms with Crippen LogP contribution in [0, 0.1) is 13.8 Å². The molecule has 1 heterocycles. The van der Waals surface area contributed by atoms with E-state index in [4.69, 9.17) is 0 Å². The number of carbonyl (C=O) groups excluding carboxylic acids is 1. The van der Waals surface area contributed by atoms with Crippen molar-refractivity contribution in [2.24, 2.45) is 0 Å². The standard InChI is InChI=1S/C45H47NO/c1-5-7-9-11-25-45(24-10-8-6-2)41-27-32(4)12-20-37(41)38-21-16-35(29-42(38)45)34-17-23-44-40(28-34)39-26-31(3)13-22-43(39)46(44)36-18-14-33(30-47)15-19-36/h12-23,26-30H,5-11,24-25H2,1-4H3. The van der Waals surface area contributed by atoms with Crippen LogP contribution in [-0.4, -0.2) is 10.9 Å². The van der Waals surface area contributed by atoms with E-state index in [0.717, 1.165) is 12.0 Å². The first-order chi connectivity index (χ1) is 23.0. The number of fused-ring (bicyclic) bond motifs is 6. The predicted octanol–water partition coefficient (Wildman–Crippen LogP) is 12.7. The highest BCUT2D eigenvalue weighted by molar-refractivity contribution is 6.10. The normalized spacial score (nSPS) is 15.3. The maximum Gasteiger partial charge on any atom is 0.150 e. The molecule has 0 saturated heterocycles. The molecule has 1 aliphatic carbocycles. The number of unbranched alkanes of at least 4 members (excludes halogenated alkanes) is 5. The molecular weight excluding hydrogens is 571 g/mol. The topological polar surface area (TPSA) is 22.0 Å². The van der Waals surface area contributed by atoms with Gasteiger partial charge in [-0.2, -0.15) is 0 Å². The molecule has 0 N–H and O–H groups in total. The number of carbonyl (C=O) groups is 1. The van der Waals surface area contributed by atoms with E-state index in [2.05, 4.69) is 117 Å². The molecule has 47 heavy (non-hydrogen) atoms. The van der Waals surface area contributed by atoms with Crippen LogP contribution >= 0.6 is 0 Å². The van der Waals surface area contributed by atoms with Gasteiger partial charge in [0, 0.05) is 27.4 Å². The molecule has 238 valence electrons. The number of hydrogen-bond acceptors (Lipinski definition) is 1. The van der Waals surface area contributed by atoms with Crippen LogP contribution in [0.2, 0.25) is 0 Å². The van der Waals surface area contributed by atoms with Crippen molar-refractivity contribution < 1.29 is 4.79 Å². The first-order valence-electron chi connectivity index (χ1n) is 17.8. The van der Waals surface area contributed by atoms with Crippen LogP contribution in [0.5, 0.6) is 0 Å². The average Bonchev–Trinajstić information content (AvgIpc) is 3.55. The lowest BCUT2D eigenvalue weighted by Gasteiger charge is -2.33. The Kier molecular flexibility index (Phi) is 8.62. The summed E-state index contributed by atoms with van der Waals surface area (Å²) in [7, 11) is 0. The van der Waals surface area contributed by atoms with Gasteiger partial charge in [-0.3, -0.25) is 4.79 Å². The molecule has 6 aromatic rings. The van der Waals surface area contributed by atoms with E-state index in [-0.39, 0.29) is 5.41 Å². The van der Waals surface area contributed by atoms with E-state index >= 15 is 0 Å². The molecule has 1 aliphatic rings. The second-order valence-electron chi connectivity index (χ2n) is 14.0. The molecule has 5 aromatic carbocycles. The van der Waals surface area contributed by atoms with E-state index in [1.54, 1.807) is 5.56 Å². The number of aromatic nitrogens is 1. The zero-order valence-electron chi connectivity index (χ0n) is 28.5. The minimum Gasteiger partial charge on any atom is -0.309 e. The number of rotatable bonds is 12. The molecule has 0 radical (unpaired) electrons. The first kappa shape index (κ1) is 31.2. The Morgan fingerprint density at radius 1 is 0.574 bits per heavy atom. The monoisotopic (exact) mass is 617 g/mol. The van der Waals surface area contributed by atoms with E-state index in [9.17, 15) is 4.79 Å². The van der Waals surface area contributed by atoms with E-state index in [1.165, 1.54) is 119 Å². The van der Waals surface area contributed by atoms with Crippen molar-refractivity contribution in [3.05, 3.63) is 125 Å². The lowest BCUT2D eigenvalue weighted by Crippen LogP contribution is -2.25. The molecule has 0 bridgehead atoms. The van der Waals surface area contributed by atoms with Crippen molar-refractivity contribution in [2.45, 2.75) is 90.9 Å². The van der Waals surface area contributed by atoms with Crippen LogP contribution in [0.4, 0.5) is 0 Å². The largest absolute Gasteiger partial charge is 0.309 e. The molecule has 0 amide bonds. The smallest absolute Gasteiger partial charge is 0.150 e. The lowest BCUT2D eigenvalue weighted by molar-refractivity contribution is 0.112. The van der Waals surface area contributed by atoms with Gasteiger partial charge in [-0.25, -0.2) is 0 Å². The van der Waals surface area contributed by atoms with Crippen LogP contribution in [0.25, 0.3) is 49.7 Å². The van der Waals surface area contributed by atoms with Crippen LogP contribution in [0.1, 0.15) is 104 Å². The van der Waals surface area contributed by atoms with Gasteiger partial charge < -0.3 is 4.57 Å². The van der Waals surface area contributed by atoms with Gasteiger partial charge in [0.05, 0.1) is 11.0 Å². The third kappa shape index (κ3) is 5.52. The molecule has 1 unspecified atom stereocenters. The number of aryl methyl sites for hydroxylation is 2. The maximum absolute atomic E-state index is 11.4. The molecule has 7 rings (SSSR count). The van der Waals surface area contributed by atoms with Gasteiger partial charge in [0.2, 0.25) is 0 Å². The van der Waals surface area contributed by atoms with Crippen molar-refractivity contribution in [3.63, 3.8) is 0 Å². The van der Waals surface area contributed by atoms with Gasteiger partial charge in [-0.05, 0) is 115 Å². The average molecular weight is 618 g/mol. The first-order valence-corrected chi connectivity index (χ1v) is 17.8. The summed E-state index contributed by atoms with van der Waals surface area (Å²) in [6.45, 7) is 9.06. The third-order valence-electron chi connectivity index (χ3n) is 10.7. The summed E-state index contributed by atoms with van der Waals surface area (Å²) in [5, 5.41) is 2.52. The highest BCUT2D eigenvalue weighted by atomic mass is 16.1. The highest BCUT2D eigenvalue weighted by Gasteiger charge is 2.42. The zero-order chi connectivity index (χ0) is 32.5. The highest BCUT2D eigenvalue weighted by Crippen LogP contribution is 2.55. The Labute approximate surface area is 280 Å². The summed E-state index contributed by atoms with van der Waals surface area (Å²) in [6.07, 6.45) is 12.3. The van der Waals surface area contributed by atoms with Gasteiger partial charge in [-0.1, -0.05) is 112 Å². The SMILES string of the molecule is CCCCCCC1(CCCCC)c2cc(C)ccc2-c2ccc(-c3ccc4c(c3)c3cc(C)ccc3n4-c3ccc(C=O)cc3)cc21. The Morgan fingerprint density at radius 3 is 1.85 bits per heavy atom. The predicted molar refractivity (Wildman–Crippen MR) is 200 cm³/mol. The zero-order valence-corrected chi connectivity index (χ0v) is 28.5. The maximum atomic E-state index is 11.4. The fourth-order valence-corrected chi connectivity index (χ4v) is 8.28. The second kappa shape index (κ2) is 13.0. The minimum atomic E-state index is 0.0700. The van der Waals surface area contributed by atoms with Crippen molar-refractivity contribution in [1.29, 1.82) is 0 Å². The molecule has 2 heteroatoms. The van der Waals surface area contributed by atoms with E-state index in [1.807, 2.05) is 12.1 Å².